The molecule has 2 amide bonds. The second kappa shape index (κ2) is 6.77. The molecular formula is C19H16N4O4S. The molecule has 142 valence electrons. The Hall–Kier alpha value is -3.17. The first kappa shape index (κ1) is 18.2. The summed E-state index contributed by atoms with van der Waals surface area (Å²) in [5.74, 6) is -1.16. The van der Waals surface area contributed by atoms with Gasteiger partial charge in [-0.25, -0.2) is 4.98 Å². The molecule has 28 heavy (non-hydrogen) atoms. The van der Waals surface area contributed by atoms with Crippen LogP contribution < -0.4 is 0 Å². The lowest BCUT2D eigenvalue weighted by atomic mass is 10.1. The predicted octanol–water partition coefficient (Wildman–Crippen LogP) is 3.45. The van der Waals surface area contributed by atoms with Crippen molar-refractivity contribution in [1.82, 2.24) is 14.8 Å². The van der Waals surface area contributed by atoms with E-state index in [0.717, 1.165) is 20.1 Å². The van der Waals surface area contributed by atoms with Gasteiger partial charge in [-0.1, -0.05) is 18.2 Å². The number of nitrogens with zero attached hydrogens (tertiary/aromatic N) is 4. The lowest BCUT2D eigenvalue weighted by molar-refractivity contribution is -0.385. The Balaban J connectivity index is 1.58. The molecule has 0 N–H and O–H groups in total. The molecule has 1 aliphatic heterocycles. The van der Waals surface area contributed by atoms with E-state index in [4.69, 9.17) is 0 Å². The quantitative estimate of drug-likeness (QED) is 0.372. The first-order valence-corrected chi connectivity index (χ1v) is 9.39. The SMILES string of the molecule is C[C@@H](c1nc2ccccc2s1)N(C)CN1C(=O)c2cccc([N+](=O)[O-])c2C1=O. The van der Waals surface area contributed by atoms with Crippen LogP contribution in [0.2, 0.25) is 0 Å². The third kappa shape index (κ3) is 2.85. The van der Waals surface area contributed by atoms with Crippen LogP contribution in [0.25, 0.3) is 10.2 Å². The summed E-state index contributed by atoms with van der Waals surface area (Å²) in [5, 5.41) is 12.1. The number of nitro groups is 1. The second-order valence-corrected chi connectivity index (χ2v) is 7.65. The molecule has 0 aliphatic carbocycles. The van der Waals surface area contributed by atoms with Crippen LogP contribution in [0.3, 0.4) is 0 Å². The number of carbonyl (C=O) groups is 2. The van der Waals surface area contributed by atoms with Crippen LogP contribution in [0, 0.1) is 10.1 Å². The van der Waals surface area contributed by atoms with Gasteiger partial charge < -0.3 is 0 Å². The van der Waals surface area contributed by atoms with Crippen LogP contribution in [-0.4, -0.2) is 45.2 Å². The number of imide groups is 1. The number of rotatable bonds is 5. The molecule has 3 aromatic rings. The minimum absolute atomic E-state index is 0.0145. The Morgan fingerprint density at radius 1 is 1.18 bits per heavy atom. The molecule has 0 saturated carbocycles. The van der Waals surface area contributed by atoms with Gasteiger partial charge in [0.2, 0.25) is 0 Å². The Kier molecular flexibility index (Phi) is 4.40. The van der Waals surface area contributed by atoms with E-state index in [0.29, 0.717) is 0 Å². The number of nitro benzene ring substituents is 1. The molecular weight excluding hydrogens is 380 g/mol. The highest BCUT2D eigenvalue weighted by Gasteiger charge is 2.41. The standard InChI is InChI=1S/C19H16N4O4S/c1-11(17-20-13-7-3-4-9-15(13)28-17)21(2)10-22-18(24)12-6-5-8-14(23(26)27)16(12)19(22)25/h3-9,11H,10H2,1-2H3/t11-/m0/s1. The van der Waals surface area contributed by atoms with Gasteiger partial charge in [0, 0.05) is 6.07 Å². The highest BCUT2D eigenvalue weighted by molar-refractivity contribution is 7.18. The van der Waals surface area contributed by atoms with Crippen molar-refractivity contribution >= 4 is 39.1 Å². The van der Waals surface area contributed by atoms with E-state index in [1.54, 1.807) is 18.4 Å². The third-order valence-electron chi connectivity index (χ3n) is 4.87. The fourth-order valence-corrected chi connectivity index (χ4v) is 4.28. The average molecular weight is 396 g/mol. The van der Waals surface area contributed by atoms with Crippen LogP contribution in [0.4, 0.5) is 5.69 Å². The molecule has 2 aromatic carbocycles. The Morgan fingerprint density at radius 3 is 2.64 bits per heavy atom. The van der Waals surface area contributed by atoms with Crippen molar-refractivity contribution in [3.63, 3.8) is 0 Å². The summed E-state index contributed by atoms with van der Waals surface area (Å²) in [7, 11) is 1.79. The van der Waals surface area contributed by atoms with Crippen LogP contribution in [0.5, 0.6) is 0 Å². The molecule has 8 nitrogen and oxygen atoms in total. The third-order valence-corrected chi connectivity index (χ3v) is 6.07. The van der Waals surface area contributed by atoms with E-state index in [2.05, 4.69) is 4.98 Å². The number of carbonyl (C=O) groups excluding carboxylic acids is 2. The summed E-state index contributed by atoms with van der Waals surface area (Å²) in [6.45, 7) is 1.96. The normalized spacial score (nSPS) is 14.8. The summed E-state index contributed by atoms with van der Waals surface area (Å²) in [5.41, 5.74) is 0.484. The van der Waals surface area contributed by atoms with Crippen molar-refractivity contribution < 1.29 is 14.5 Å². The Morgan fingerprint density at radius 2 is 1.93 bits per heavy atom. The van der Waals surface area contributed by atoms with Gasteiger partial charge in [0.25, 0.3) is 17.5 Å². The van der Waals surface area contributed by atoms with Gasteiger partial charge in [0.15, 0.2) is 0 Å². The van der Waals surface area contributed by atoms with E-state index in [9.17, 15) is 19.7 Å². The summed E-state index contributed by atoms with van der Waals surface area (Å²) >= 11 is 1.56. The lowest BCUT2D eigenvalue weighted by Gasteiger charge is -2.27. The molecule has 0 saturated heterocycles. The summed E-state index contributed by atoms with van der Waals surface area (Å²) in [4.78, 5) is 43.5. The smallest absolute Gasteiger partial charge is 0.279 e. The van der Waals surface area contributed by atoms with E-state index in [1.165, 1.54) is 18.2 Å². The molecule has 0 bridgehead atoms. The summed E-state index contributed by atoms with van der Waals surface area (Å²) < 4.78 is 1.06. The number of aromatic nitrogens is 1. The van der Waals surface area contributed by atoms with Crippen LogP contribution in [0.1, 0.15) is 38.7 Å². The molecule has 0 radical (unpaired) electrons. The number of benzene rings is 2. The topological polar surface area (TPSA) is 96.7 Å². The van der Waals surface area contributed by atoms with Crippen molar-refractivity contribution in [3.8, 4) is 0 Å². The number of para-hydroxylation sites is 1. The highest BCUT2D eigenvalue weighted by atomic mass is 32.1. The highest BCUT2D eigenvalue weighted by Crippen LogP contribution is 2.33. The van der Waals surface area contributed by atoms with Crippen LogP contribution in [0.15, 0.2) is 42.5 Å². The summed E-state index contributed by atoms with van der Waals surface area (Å²) in [6.07, 6.45) is 0. The molecule has 1 atom stereocenters. The molecule has 4 rings (SSSR count). The van der Waals surface area contributed by atoms with Crippen LogP contribution in [-0.2, 0) is 0 Å². The minimum atomic E-state index is -0.643. The Labute approximate surface area is 164 Å². The zero-order valence-corrected chi connectivity index (χ0v) is 16.0. The van der Waals surface area contributed by atoms with Gasteiger partial charge in [-0.3, -0.25) is 29.5 Å². The Bertz CT molecular complexity index is 1090. The first-order valence-electron chi connectivity index (χ1n) is 8.57. The van der Waals surface area contributed by atoms with E-state index >= 15 is 0 Å². The maximum atomic E-state index is 12.7. The predicted molar refractivity (Wildman–Crippen MR) is 104 cm³/mol. The lowest BCUT2D eigenvalue weighted by Crippen LogP contribution is -2.40. The van der Waals surface area contributed by atoms with Crippen molar-refractivity contribution in [3.05, 3.63) is 68.7 Å². The molecule has 0 fully saturated rings. The van der Waals surface area contributed by atoms with Gasteiger partial charge in [0.1, 0.15) is 10.6 Å². The van der Waals surface area contributed by atoms with Gasteiger partial charge in [-0.2, -0.15) is 0 Å². The molecule has 1 aliphatic rings. The maximum Gasteiger partial charge on any atom is 0.282 e. The van der Waals surface area contributed by atoms with E-state index in [-0.39, 0.29) is 29.5 Å². The van der Waals surface area contributed by atoms with E-state index in [1.807, 2.05) is 36.1 Å². The van der Waals surface area contributed by atoms with Gasteiger partial charge in [-0.05, 0) is 32.2 Å². The molecule has 9 heteroatoms. The average Bonchev–Trinajstić information content (AvgIpc) is 3.22. The largest absolute Gasteiger partial charge is 0.282 e. The van der Waals surface area contributed by atoms with Gasteiger partial charge in [-0.15, -0.1) is 11.3 Å². The monoisotopic (exact) mass is 396 g/mol. The zero-order chi connectivity index (χ0) is 20.0. The summed E-state index contributed by atoms with van der Waals surface area (Å²) in [6, 6.07) is 11.8. The molecule has 0 unspecified atom stereocenters. The van der Waals surface area contributed by atoms with Crippen molar-refractivity contribution in [1.29, 1.82) is 0 Å². The number of hydrogen-bond donors (Lipinski definition) is 0. The maximum absolute atomic E-state index is 12.7. The fourth-order valence-electron chi connectivity index (χ4n) is 3.20. The molecule has 0 spiro atoms. The first-order chi connectivity index (χ1) is 13.4. The molecule has 2 heterocycles. The second-order valence-electron chi connectivity index (χ2n) is 6.59. The fraction of sp³-hybridized carbons (Fsp3) is 0.211. The van der Waals surface area contributed by atoms with Crippen LogP contribution >= 0.6 is 11.3 Å². The van der Waals surface area contributed by atoms with Gasteiger partial charge in [0.05, 0.1) is 33.4 Å². The number of fused-ring (bicyclic) bond motifs is 2. The van der Waals surface area contributed by atoms with Gasteiger partial charge >= 0.3 is 0 Å². The van der Waals surface area contributed by atoms with Crippen molar-refractivity contribution in [2.75, 3.05) is 13.7 Å². The number of hydrogen-bond acceptors (Lipinski definition) is 7. The van der Waals surface area contributed by atoms with Crippen molar-refractivity contribution in [2.24, 2.45) is 0 Å². The zero-order valence-electron chi connectivity index (χ0n) is 15.2. The number of amides is 2. The van der Waals surface area contributed by atoms with Crippen molar-refractivity contribution in [2.45, 2.75) is 13.0 Å². The van der Waals surface area contributed by atoms with E-state index < -0.39 is 16.7 Å². The molecule has 1 aromatic heterocycles. The number of thiazole rings is 1. The minimum Gasteiger partial charge on any atom is -0.279 e.